The number of rotatable bonds is 6. The average molecular weight is 353 g/mol. The van der Waals surface area contributed by atoms with E-state index in [1.165, 1.54) is 5.56 Å². The van der Waals surface area contributed by atoms with Crippen molar-refractivity contribution in [3.8, 4) is 0 Å². The third-order valence-electron chi connectivity index (χ3n) is 4.51. The van der Waals surface area contributed by atoms with Crippen LogP contribution in [0.1, 0.15) is 12.5 Å². The fourth-order valence-electron chi connectivity index (χ4n) is 2.99. The molecule has 1 aromatic carbocycles. The Morgan fingerprint density at radius 3 is 2.65 bits per heavy atom. The number of aliphatic imine (C=N–C) groups is 1. The maximum atomic E-state index is 6.01. The molecule has 0 radical (unpaired) electrons. The van der Waals surface area contributed by atoms with Crippen LogP contribution >= 0.6 is 0 Å². The van der Waals surface area contributed by atoms with Crippen molar-refractivity contribution in [1.82, 2.24) is 14.9 Å². The van der Waals surface area contributed by atoms with Crippen molar-refractivity contribution in [2.24, 2.45) is 10.7 Å². The Morgan fingerprint density at radius 2 is 1.92 bits per heavy atom. The standard InChI is InChI=1S/C19H27N7/c1-2-16-5-3-6-17(15-16)24-18(20)21-9-10-25-11-13-26(14-12-25)19-22-7-4-8-23-19/h3-8,15H,2,9-14H2,1H3,(H3,20,21,24). The summed E-state index contributed by atoms with van der Waals surface area (Å²) >= 11 is 0. The first-order valence-corrected chi connectivity index (χ1v) is 9.15. The highest BCUT2D eigenvalue weighted by atomic mass is 15.3. The van der Waals surface area contributed by atoms with E-state index in [0.717, 1.165) is 50.8 Å². The molecule has 1 aliphatic rings. The first-order chi connectivity index (χ1) is 12.7. The van der Waals surface area contributed by atoms with E-state index >= 15 is 0 Å². The summed E-state index contributed by atoms with van der Waals surface area (Å²) in [6, 6.07) is 10.1. The molecule has 1 aliphatic heterocycles. The summed E-state index contributed by atoms with van der Waals surface area (Å²) in [6.45, 7) is 7.57. The summed E-state index contributed by atoms with van der Waals surface area (Å²) in [5, 5.41) is 3.17. The van der Waals surface area contributed by atoms with Crippen molar-refractivity contribution >= 4 is 17.6 Å². The Hall–Kier alpha value is -2.67. The summed E-state index contributed by atoms with van der Waals surface area (Å²) in [5.41, 5.74) is 8.28. The number of nitrogens with zero attached hydrogens (tertiary/aromatic N) is 5. The van der Waals surface area contributed by atoms with Gasteiger partial charge in [0, 0.05) is 50.8 Å². The molecule has 2 aromatic rings. The second kappa shape index (κ2) is 9.15. The van der Waals surface area contributed by atoms with E-state index in [-0.39, 0.29) is 0 Å². The lowest BCUT2D eigenvalue weighted by Gasteiger charge is -2.34. The topological polar surface area (TPSA) is 82.7 Å². The smallest absolute Gasteiger partial charge is 0.225 e. The summed E-state index contributed by atoms with van der Waals surface area (Å²) in [5.74, 6) is 1.28. The minimum atomic E-state index is 0.467. The molecule has 0 bridgehead atoms. The molecule has 1 aromatic heterocycles. The largest absolute Gasteiger partial charge is 0.370 e. The average Bonchev–Trinajstić information content (AvgIpc) is 2.69. The highest BCUT2D eigenvalue weighted by Crippen LogP contribution is 2.11. The molecule has 7 heteroatoms. The Balaban J connectivity index is 1.41. The first-order valence-electron chi connectivity index (χ1n) is 9.15. The maximum Gasteiger partial charge on any atom is 0.225 e. The van der Waals surface area contributed by atoms with Gasteiger partial charge in [0.15, 0.2) is 5.96 Å². The monoisotopic (exact) mass is 353 g/mol. The predicted molar refractivity (Wildman–Crippen MR) is 107 cm³/mol. The number of aromatic nitrogens is 2. The molecule has 3 N–H and O–H groups in total. The van der Waals surface area contributed by atoms with Gasteiger partial charge < -0.3 is 16.0 Å². The van der Waals surface area contributed by atoms with Crippen LogP contribution in [0.2, 0.25) is 0 Å². The lowest BCUT2D eigenvalue weighted by molar-refractivity contribution is 0.264. The fourth-order valence-corrected chi connectivity index (χ4v) is 2.99. The molecule has 0 unspecified atom stereocenters. The van der Waals surface area contributed by atoms with Gasteiger partial charge in [-0.05, 0) is 30.2 Å². The fraction of sp³-hybridized carbons (Fsp3) is 0.421. The van der Waals surface area contributed by atoms with Crippen molar-refractivity contribution in [1.29, 1.82) is 0 Å². The molecule has 0 amide bonds. The number of benzene rings is 1. The van der Waals surface area contributed by atoms with E-state index in [1.54, 1.807) is 12.4 Å². The third-order valence-corrected chi connectivity index (χ3v) is 4.51. The van der Waals surface area contributed by atoms with Gasteiger partial charge in [-0.1, -0.05) is 19.1 Å². The van der Waals surface area contributed by atoms with Crippen LogP contribution in [0.25, 0.3) is 0 Å². The van der Waals surface area contributed by atoms with E-state index in [2.05, 4.69) is 49.1 Å². The number of anilines is 2. The molecule has 3 rings (SSSR count). The van der Waals surface area contributed by atoms with Gasteiger partial charge in [-0.15, -0.1) is 0 Å². The Bertz CT molecular complexity index is 709. The van der Waals surface area contributed by atoms with E-state index in [4.69, 9.17) is 5.73 Å². The Labute approximate surface area is 155 Å². The zero-order valence-corrected chi connectivity index (χ0v) is 15.3. The molecule has 0 atom stereocenters. The van der Waals surface area contributed by atoms with Gasteiger partial charge >= 0.3 is 0 Å². The van der Waals surface area contributed by atoms with Crippen molar-refractivity contribution in [3.63, 3.8) is 0 Å². The van der Waals surface area contributed by atoms with Crippen LogP contribution in [-0.2, 0) is 6.42 Å². The van der Waals surface area contributed by atoms with Gasteiger partial charge in [-0.2, -0.15) is 0 Å². The SMILES string of the molecule is CCc1cccc(NC(N)=NCCN2CCN(c3ncccn3)CC2)c1. The van der Waals surface area contributed by atoms with E-state index in [0.29, 0.717) is 12.5 Å². The van der Waals surface area contributed by atoms with Gasteiger partial charge in [-0.3, -0.25) is 9.89 Å². The molecule has 0 spiro atoms. The van der Waals surface area contributed by atoms with Crippen LogP contribution in [-0.4, -0.2) is 60.1 Å². The highest BCUT2D eigenvalue weighted by molar-refractivity contribution is 5.92. The number of piperazine rings is 1. The summed E-state index contributed by atoms with van der Waals surface area (Å²) in [6.07, 6.45) is 4.58. The van der Waals surface area contributed by atoms with Crippen molar-refractivity contribution in [2.75, 3.05) is 49.5 Å². The lowest BCUT2D eigenvalue weighted by atomic mass is 10.1. The Morgan fingerprint density at radius 1 is 1.15 bits per heavy atom. The van der Waals surface area contributed by atoms with Gasteiger partial charge in [-0.25, -0.2) is 9.97 Å². The van der Waals surface area contributed by atoms with Gasteiger partial charge in [0.25, 0.3) is 0 Å². The molecular formula is C19H27N7. The minimum Gasteiger partial charge on any atom is -0.370 e. The Kier molecular flexibility index (Phi) is 6.38. The number of hydrogen-bond acceptors (Lipinski definition) is 5. The number of hydrogen-bond donors (Lipinski definition) is 2. The van der Waals surface area contributed by atoms with Crippen LogP contribution in [0.5, 0.6) is 0 Å². The van der Waals surface area contributed by atoms with Gasteiger partial charge in [0.2, 0.25) is 5.95 Å². The number of nitrogens with two attached hydrogens (primary N) is 1. The predicted octanol–water partition coefficient (Wildman–Crippen LogP) is 1.59. The second-order valence-electron chi connectivity index (χ2n) is 6.32. The molecule has 1 saturated heterocycles. The lowest BCUT2D eigenvalue weighted by Crippen LogP contribution is -2.47. The van der Waals surface area contributed by atoms with Crippen molar-refractivity contribution < 1.29 is 0 Å². The number of guanidine groups is 1. The second-order valence-corrected chi connectivity index (χ2v) is 6.32. The third kappa shape index (κ3) is 5.16. The molecule has 0 aliphatic carbocycles. The summed E-state index contributed by atoms with van der Waals surface area (Å²) in [7, 11) is 0. The molecule has 2 heterocycles. The first kappa shape index (κ1) is 18.1. The van der Waals surface area contributed by atoms with Crippen LogP contribution in [0.3, 0.4) is 0 Å². The molecule has 1 fully saturated rings. The zero-order chi connectivity index (χ0) is 18.2. The molecule has 7 nitrogen and oxygen atoms in total. The number of nitrogens with one attached hydrogen (secondary N) is 1. The van der Waals surface area contributed by atoms with Crippen molar-refractivity contribution in [2.45, 2.75) is 13.3 Å². The van der Waals surface area contributed by atoms with Crippen LogP contribution in [0, 0.1) is 0 Å². The van der Waals surface area contributed by atoms with Crippen LogP contribution < -0.4 is 16.0 Å². The summed E-state index contributed by atoms with van der Waals surface area (Å²) < 4.78 is 0. The maximum absolute atomic E-state index is 6.01. The van der Waals surface area contributed by atoms with E-state index in [1.807, 2.05) is 18.2 Å². The van der Waals surface area contributed by atoms with E-state index in [9.17, 15) is 0 Å². The molecular weight excluding hydrogens is 326 g/mol. The van der Waals surface area contributed by atoms with Crippen LogP contribution in [0.4, 0.5) is 11.6 Å². The number of aryl methyl sites for hydroxylation is 1. The molecule has 26 heavy (non-hydrogen) atoms. The normalized spacial score (nSPS) is 15.9. The summed E-state index contributed by atoms with van der Waals surface area (Å²) in [4.78, 5) is 17.7. The molecule has 0 saturated carbocycles. The quantitative estimate of drug-likeness (QED) is 0.606. The van der Waals surface area contributed by atoms with Gasteiger partial charge in [0.1, 0.15) is 0 Å². The van der Waals surface area contributed by atoms with Crippen molar-refractivity contribution in [3.05, 3.63) is 48.3 Å². The highest BCUT2D eigenvalue weighted by Gasteiger charge is 2.18. The zero-order valence-electron chi connectivity index (χ0n) is 15.3. The molecule has 138 valence electrons. The van der Waals surface area contributed by atoms with Gasteiger partial charge in [0.05, 0.1) is 6.54 Å². The minimum absolute atomic E-state index is 0.467. The van der Waals surface area contributed by atoms with E-state index < -0.39 is 0 Å². The van der Waals surface area contributed by atoms with Crippen LogP contribution in [0.15, 0.2) is 47.7 Å².